The smallest absolute Gasteiger partial charge is 0.222 e. The fourth-order valence-electron chi connectivity index (χ4n) is 1.04. The summed E-state index contributed by atoms with van der Waals surface area (Å²) in [6.45, 7) is 10.2. The number of hydrogen-bond donors (Lipinski definition) is 1. The molecule has 0 aromatic heterocycles. The number of rotatable bonds is 8. The van der Waals surface area contributed by atoms with E-state index in [4.69, 9.17) is 4.74 Å². The summed E-state index contributed by atoms with van der Waals surface area (Å²) in [6, 6.07) is 0. The van der Waals surface area contributed by atoms with Crippen LogP contribution in [0.5, 0.6) is 0 Å². The van der Waals surface area contributed by atoms with Crippen LogP contribution in [0.3, 0.4) is 0 Å². The summed E-state index contributed by atoms with van der Waals surface area (Å²) in [5.41, 5.74) is 0. The fraction of sp³-hybridized carbons (Fsp3) is 0.769. The molecule has 0 aromatic carbocycles. The van der Waals surface area contributed by atoms with E-state index in [1.165, 1.54) is 0 Å². The van der Waals surface area contributed by atoms with Crippen LogP contribution in [0, 0.1) is 11.8 Å². The first kappa shape index (κ1) is 15.2. The van der Waals surface area contributed by atoms with E-state index >= 15 is 0 Å². The number of ether oxygens (including phenoxy) is 1. The normalized spacial score (nSPS) is 11.6. The first-order valence-electron chi connectivity index (χ1n) is 6.04. The highest BCUT2D eigenvalue weighted by Gasteiger charge is 2.03. The van der Waals surface area contributed by atoms with Gasteiger partial charge in [-0.3, -0.25) is 4.79 Å². The van der Waals surface area contributed by atoms with Gasteiger partial charge in [0.25, 0.3) is 0 Å². The molecule has 0 radical (unpaired) electrons. The predicted octanol–water partition coefficient (Wildman–Crippen LogP) is 2.38. The predicted molar refractivity (Wildman–Crippen MR) is 67.3 cm³/mol. The third kappa shape index (κ3) is 9.71. The van der Waals surface area contributed by atoms with Crippen LogP contribution in [0.15, 0.2) is 12.2 Å². The van der Waals surface area contributed by atoms with Gasteiger partial charge in [-0.2, -0.15) is 0 Å². The molecule has 3 heteroatoms. The Kier molecular flexibility index (Phi) is 8.91. The zero-order valence-electron chi connectivity index (χ0n) is 11.0. The van der Waals surface area contributed by atoms with Crippen molar-refractivity contribution in [3.05, 3.63) is 12.2 Å². The lowest BCUT2D eigenvalue weighted by atomic mass is 10.2. The number of carbonyl (C=O) groups excluding carboxylic acids is 1. The monoisotopic (exact) mass is 227 g/mol. The van der Waals surface area contributed by atoms with E-state index < -0.39 is 0 Å². The van der Waals surface area contributed by atoms with Crippen molar-refractivity contribution in [3.8, 4) is 0 Å². The summed E-state index contributed by atoms with van der Waals surface area (Å²) in [5.74, 6) is 0.765. The Morgan fingerprint density at radius 2 is 1.94 bits per heavy atom. The van der Waals surface area contributed by atoms with Crippen LogP contribution in [0.4, 0.5) is 0 Å². The summed E-state index contributed by atoms with van der Waals surface area (Å²) >= 11 is 0. The van der Waals surface area contributed by atoms with Crippen LogP contribution >= 0.6 is 0 Å². The number of hydrogen-bond acceptors (Lipinski definition) is 2. The van der Waals surface area contributed by atoms with Crippen molar-refractivity contribution in [1.82, 2.24) is 5.32 Å². The van der Waals surface area contributed by atoms with Gasteiger partial charge in [0.05, 0.1) is 6.61 Å². The SMILES string of the molecule is CC(C)COCC=CCCNC(=O)C(C)C. The minimum Gasteiger partial charge on any atom is -0.377 e. The third-order valence-corrected chi connectivity index (χ3v) is 1.97. The van der Waals surface area contributed by atoms with E-state index in [1.54, 1.807) is 0 Å². The molecule has 1 N–H and O–H groups in total. The molecule has 0 saturated carbocycles. The van der Waals surface area contributed by atoms with Crippen LogP contribution in [0.2, 0.25) is 0 Å². The molecule has 16 heavy (non-hydrogen) atoms. The Bertz CT molecular complexity index is 210. The standard InChI is InChI=1S/C13H25NO2/c1-11(2)10-16-9-7-5-6-8-14-13(15)12(3)4/h5,7,11-12H,6,8-10H2,1-4H3,(H,14,15). The van der Waals surface area contributed by atoms with Crippen LogP contribution < -0.4 is 5.32 Å². The summed E-state index contributed by atoms with van der Waals surface area (Å²) < 4.78 is 5.39. The molecule has 1 amide bonds. The highest BCUT2D eigenvalue weighted by atomic mass is 16.5. The Morgan fingerprint density at radius 1 is 1.25 bits per heavy atom. The molecule has 0 unspecified atom stereocenters. The Hall–Kier alpha value is -0.830. The van der Waals surface area contributed by atoms with Crippen LogP contribution in [0.25, 0.3) is 0 Å². The maximum atomic E-state index is 11.2. The zero-order valence-corrected chi connectivity index (χ0v) is 11.0. The van der Waals surface area contributed by atoms with Gasteiger partial charge in [0.1, 0.15) is 0 Å². The first-order chi connectivity index (χ1) is 7.54. The molecule has 0 heterocycles. The average molecular weight is 227 g/mol. The van der Waals surface area contributed by atoms with E-state index in [2.05, 4.69) is 19.2 Å². The van der Waals surface area contributed by atoms with Crippen molar-refractivity contribution in [2.75, 3.05) is 19.8 Å². The van der Waals surface area contributed by atoms with Crippen molar-refractivity contribution >= 4 is 5.91 Å². The molecule has 0 saturated heterocycles. The third-order valence-electron chi connectivity index (χ3n) is 1.97. The lowest BCUT2D eigenvalue weighted by Gasteiger charge is -2.05. The molecule has 0 bridgehead atoms. The number of amides is 1. The average Bonchev–Trinajstić information content (AvgIpc) is 2.21. The summed E-state index contributed by atoms with van der Waals surface area (Å²) in [7, 11) is 0. The van der Waals surface area contributed by atoms with Gasteiger partial charge in [-0.15, -0.1) is 0 Å². The maximum absolute atomic E-state index is 11.2. The molecule has 0 atom stereocenters. The van der Waals surface area contributed by atoms with Crippen molar-refractivity contribution < 1.29 is 9.53 Å². The topological polar surface area (TPSA) is 38.3 Å². The molecule has 0 spiro atoms. The molecule has 94 valence electrons. The summed E-state index contributed by atoms with van der Waals surface area (Å²) in [4.78, 5) is 11.2. The highest BCUT2D eigenvalue weighted by molar-refractivity contribution is 5.77. The molecule has 3 nitrogen and oxygen atoms in total. The summed E-state index contributed by atoms with van der Waals surface area (Å²) in [5, 5.41) is 2.86. The molecule has 0 aromatic rings. The van der Waals surface area contributed by atoms with Crippen molar-refractivity contribution in [2.24, 2.45) is 11.8 Å². The van der Waals surface area contributed by atoms with E-state index in [0.717, 1.165) is 13.0 Å². The van der Waals surface area contributed by atoms with Crippen LogP contribution in [-0.4, -0.2) is 25.7 Å². The molecule has 0 aliphatic carbocycles. The lowest BCUT2D eigenvalue weighted by molar-refractivity contribution is -0.123. The Labute approximate surface area is 99.3 Å². The lowest BCUT2D eigenvalue weighted by Crippen LogP contribution is -2.28. The largest absolute Gasteiger partial charge is 0.377 e. The Morgan fingerprint density at radius 3 is 2.50 bits per heavy atom. The maximum Gasteiger partial charge on any atom is 0.222 e. The van der Waals surface area contributed by atoms with Crippen LogP contribution in [-0.2, 0) is 9.53 Å². The summed E-state index contributed by atoms with van der Waals surface area (Å²) in [6.07, 6.45) is 4.91. The number of nitrogens with one attached hydrogen (secondary N) is 1. The first-order valence-corrected chi connectivity index (χ1v) is 6.04. The van der Waals surface area contributed by atoms with E-state index in [-0.39, 0.29) is 11.8 Å². The van der Waals surface area contributed by atoms with Gasteiger partial charge in [0.15, 0.2) is 0 Å². The van der Waals surface area contributed by atoms with Crippen molar-refractivity contribution in [1.29, 1.82) is 0 Å². The second-order valence-electron chi connectivity index (χ2n) is 4.64. The van der Waals surface area contributed by atoms with E-state index in [9.17, 15) is 4.79 Å². The van der Waals surface area contributed by atoms with Gasteiger partial charge in [-0.05, 0) is 12.3 Å². The van der Waals surface area contributed by atoms with Gasteiger partial charge in [-0.25, -0.2) is 0 Å². The second kappa shape index (κ2) is 9.40. The molecule has 0 aliphatic rings. The van der Waals surface area contributed by atoms with Gasteiger partial charge in [-0.1, -0.05) is 39.8 Å². The molecule has 0 rings (SSSR count). The van der Waals surface area contributed by atoms with Gasteiger partial charge in [0, 0.05) is 19.1 Å². The van der Waals surface area contributed by atoms with E-state index in [1.807, 2.05) is 26.0 Å². The molecule has 0 fully saturated rings. The minimum atomic E-state index is 0.0679. The van der Waals surface area contributed by atoms with Crippen molar-refractivity contribution in [2.45, 2.75) is 34.1 Å². The van der Waals surface area contributed by atoms with Gasteiger partial charge < -0.3 is 10.1 Å². The second-order valence-corrected chi connectivity index (χ2v) is 4.64. The number of carbonyl (C=O) groups is 1. The molecular weight excluding hydrogens is 202 g/mol. The minimum absolute atomic E-state index is 0.0679. The fourth-order valence-corrected chi connectivity index (χ4v) is 1.04. The molecule has 0 aliphatic heterocycles. The van der Waals surface area contributed by atoms with Gasteiger partial charge >= 0.3 is 0 Å². The molecular formula is C13H25NO2. The zero-order chi connectivity index (χ0) is 12.4. The highest BCUT2D eigenvalue weighted by Crippen LogP contribution is 1.93. The van der Waals surface area contributed by atoms with Crippen molar-refractivity contribution in [3.63, 3.8) is 0 Å². The Balaban J connectivity index is 3.31. The van der Waals surface area contributed by atoms with E-state index in [0.29, 0.717) is 19.1 Å². The quantitative estimate of drug-likeness (QED) is 0.511. The van der Waals surface area contributed by atoms with Gasteiger partial charge in [0.2, 0.25) is 5.91 Å². The van der Waals surface area contributed by atoms with Crippen LogP contribution in [0.1, 0.15) is 34.1 Å².